The maximum absolute atomic E-state index is 14.6. The summed E-state index contributed by atoms with van der Waals surface area (Å²) < 4.78 is 56.9. The minimum atomic E-state index is -4.76. The number of nitrogens with one attached hydrogen (secondary N) is 3. The van der Waals surface area contributed by atoms with Gasteiger partial charge in [-0.15, -0.1) is 0 Å². The van der Waals surface area contributed by atoms with Crippen molar-refractivity contribution in [2.75, 3.05) is 39.8 Å². The molecule has 0 unspecified atom stereocenters. The van der Waals surface area contributed by atoms with Crippen LogP contribution in [0, 0.1) is 12.7 Å². The molecule has 0 saturated heterocycles. The molecule has 0 saturated carbocycles. The van der Waals surface area contributed by atoms with Gasteiger partial charge in [0.25, 0.3) is 0 Å². The van der Waals surface area contributed by atoms with Crippen molar-refractivity contribution in [2.45, 2.75) is 19.6 Å². The second kappa shape index (κ2) is 8.73. The molecule has 3 aromatic rings. The molecule has 0 atom stereocenters. The van der Waals surface area contributed by atoms with Gasteiger partial charge in [-0.3, -0.25) is 15.1 Å². The third-order valence-electron chi connectivity index (χ3n) is 5.09. The molecule has 15 heteroatoms. The fourth-order valence-corrected chi connectivity index (χ4v) is 3.40. The Bertz CT molecular complexity index is 1310. The number of rotatable bonds is 4. The molecule has 1 aliphatic heterocycles. The fraction of sp³-hybridized carbons (Fsp3) is 0.250. The number of urea groups is 2. The number of carbonyl (C=O) groups is 2. The van der Waals surface area contributed by atoms with E-state index in [1.54, 1.807) is 20.2 Å². The van der Waals surface area contributed by atoms with E-state index in [0.717, 1.165) is 6.07 Å². The van der Waals surface area contributed by atoms with Crippen molar-refractivity contribution >= 4 is 41.1 Å². The number of nitrogens with zero attached hydrogens (tertiary/aromatic N) is 5. The number of anilines is 5. The summed E-state index contributed by atoms with van der Waals surface area (Å²) in [6.07, 6.45) is -3.20. The lowest BCUT2D eigenvalue weighted by Gasteiger charge is -2.35. The standard InChI is InChI=1S/C20H18F4N8O3/c1-9-4-11(21)12(27-18(33)28-15-6-14(30-35-15)20(22,23)24)5-13(9)32-8-10-7-26-17(25-2)29-16(10)31(3)19(32)34/h4-7H,8H2,1-3H3,(H,25,26,29)(H2,27,28,33). The van der Waals surface area contributed by atoms with Crippen LogP contribution >= 0.6 is 0 Å². The van der Waals surface area contributed by atoms with E-state index < -0.39 is 35.6 Å². The van der Waals surface area contributed by atoms with Crippen LogP contribution in [0.5, 0.6) is 0 Å². The molecule has 4 amide bonds. The number of aryl methyl sites for hydroxylation is 1. The average Bonchev–Trinajstić information content (AvgIpc) is 3.27. The summed E-state index contributed by atoms with van der Waals surface area (Å²) in [4.78, 5) is 36.4. The van der Waals surface area contributed by atoms with E-state index in [9.17, 15) is 27.2 Å². The van der Waals surface area contributed by atoms with Crippen LogP contribution in [-0.2, 0) is 12.7 Å². The summed E-state index contributed by atoms with van der Waals surface area (Å²) in [5, 5.41) is 9.81. The lowest BCUT2D eigenvalue weighted by molar-refractivity contribution is -0.142. The van der Waals surface area contributed by atoms with Gasteiger partial charge in [0.2, 0.25) is 11.8 Å². The summed E-state index contributed by atoms with van der Waals surface area (Å²) >= 11 is 0. The highest BCUT2D eigenvalue weighted by Gasteiger charge is 2.35. The molecule has 2 aromatic heterocycles. The van der Waals surface area contributed by atoms with Crippen LogP contribution in [0.15, 0.2) is 28.9 Å². The van der Waals surface area contributed by atoms with Crippen LogP contribution < -0.4 is 25.8 Å². The minimum absolute atomic E-state index is 0.0822. The highest BCUT2D eigenvalue weighted by Crippen LogP contribution is 2.34. The largest absolute Gasteiger partial charge is 0.436 e. The number of hydrogen-bond acceptors (Lipinski definition) is 7. The van der Waals surface area contributed by atoms with E-state index in [1.165, 1.54) is 22.9 Å². The molecule has 0 bridgehead atoms. The molecule has 0 spiro atoms. The Labute approximate surface area is 195 Å². The number of halogens is 4. The van der Waals surface area contributed by atoms with Gasteiger partial charge in [0, 0.05) is 31.9 Å². The summed E-state index contributed by atoms with van der Waals surface area (Å²) in [6, 6.07) is 1.31. The zero-order valence-electron chi connectivity index (χ0n) is 18.5. The first-order valence-corrected chi connectivity index (χ1v) is 9.99. The Morgan fingerprint density at radius 1 is 1.20 bits per heavy atom. The number of aromatic nitrogens is 3. The third kappa shape index (κ3) is 4.64. The summed E-state index contributed by atoms with van der Waals surface area (Å²) in [7, 11) is 3.17. The molecule has 1 aliphatic rings. The van der Waals surface area contributed by atoms with E-state index >= 15 is 0 Å². The van der Waals surface area contributed by atoms with E-state index in [0.29, 0.717) is 34.6 Å². The van der Waals surface area contributed by atoms with Crippen molar-refractivity contribution in [1.82, 2.24) is 15.1 Å². The van der Waals surface area contributed by atoms with Gasteiger partial charge in [0.15, 0.2) is 5.69 Å². The zero-order chi connectivity index (χ0) is 25.5. The number of alkyl halides is 3. The number of amides is 4. The van der Waals surface area contributed by atoms with Gasteiger partial charge in [-0.2, -0.15) is 18.2 Å². The predicted molar refractivity (Wildman–Crippen MR) is 117 cm³/mol. The normalized spacial score (nSPS) is 13.5. The maximum Gasteiger partial charge on any atom is 0.436 e. The third-order valence-corrected chi connectivity index (χ3v) is 5.09. The number of carbonyl (C=O) groups excluding carboxylic acids is 2. The molecule has 3 N–H and O–H groups in total. The molecule has 4 rings (SSSR count). The highest BCUT2D eigenvalue weighted by atomic mass is 19.4. The van der Waals surface area contributed by atoms with Crippen molar-refractivity contribution in [3.05, 3.63) is 47.0 Å². The first-order chi connectivity index (χ1) is 16.5. The van der Waals surface area contributed by atoms with Gasteiger partial charge in [-0.25, -0.2) is 19.0 Å². The summed E-state index contributed by atoms with van der Waals surface area (Å²) in [5.41, 5.74) is -0.331. The van der Waals surface area contributed by atoms with Crippen LogP contribution in [-0.4, -0.2) is 41.3 Å². The van der Waals surface area contributed by atoms with E-state index in [4.69, 9.17) is 0 Å². The fourth-order valence-electron chi connectivity index (χ4n) is 3.40. The van der Waals surface area contributed by atoms with Crippen LogP contribution in [0.2, 0.25) is 0 Å². The van der Waals surface area contributed by atoms with Gasteiger partial charge in [-0.1, -0.05) is 5.16 Å². The topological polar surface area (TPSA) is 129 Å². The molecule has 35 heavy (non-hydrogen) atoms. The van der Waals surface area contributed by atoms with Gasteiger partial charge in [0.1, 0.15) is 11.6 Å². The molecule has 0 fully saturated rings. The van der Waals surface area contributed by atoms with E-state index in [1.807, 2.05) is 5.32 Å². The van der Waals surface area contributed by atoms with Crippen molar-refractivity contribution in [2.24, 2.45) is 0 Å². The van der Waals surface area contributed by atoms with Gasteiger partial charge >= 0.3 is 18.2 Å². The Morgan fingerprint density at radius 3 is 2.60 bits per heavy atom. The summed E-state index contributed by atoms with van der Waals surface area (Å²) in [5.74, 6) is -0.669. The van der Waals surface area contributed by atoms with Crippen molar-refractivity contribution in [3.8, 4) is 0 Å². The van der Waals surface area contributed by atoms with Crippen molar-refractivity contribution < 1.29 is 31.7 Å². The first-order valence-electron chi connectivity index (χ1n) is 9.99. The SMILES string of the molecule is CNc1ncc2c(n1)N(C)C(=O)N(c1cc(NC(=O)Nc3cc(C(F)(F)F)no3)c(F)cc1C)C2. The minimum Gasteiger partial charge on any atom is -0.357 e. The molecule has 0 radical (unpaired) electrons. The lowest BCUT2D eigenvalue weighted by atomic mass is 10.1. The molecular formula is C20H18F4N8O3. The van der Waals surface area contributed by atoms with Gasteiger partial charge in [0.05, 0.1) is 17.9 Å². The Morgan fingerprint density at radius 2 is 1.94 bits per heavy atom. The van der Waals surface area contributed by atoms with Crippen LogP contribution in [0.3, 0.4) is 0 Å². The molecule has 3 heterocycles. The van der Waals surface area contributed by atoms with Crippen LogP contribution in [0.25, 0.3) is 0 Å². The van der Waals surface area contributed by atoms with E-state index in [2.05, 4.69) is 30.3 Å². The molecule has 0 aliphatic carbocycles. The lowest BCUT2D eigenvalue weighted by Crippen LogP contribution is -2.46. The van der Waals surface area contributed by atoms with Crippen molar-refractivity contribution in [1.29, 1.82) is 0 Å². The second-order valence-corrected chi connectivity index (χ2v) is 7.49. The molecule has 1 aromatic carbocycles. The van der Waals surface area contributed by atoms with Crippen molar-refractivity contribution in [3.63, 3.8) is 0 Å². The average molecular weight is 494 g/mol. The van der Waals surface area contributed by atoms with Gasteiger partial charge in [-0.05, 0) is 24.6 Å². The number of hydrogen-bond donors (Lipinski definition) is 3. The Kier molecular flexibility index (Phi) is 5.92. The molecule has 11 nitrogen and oxygen atoms in total. The maximum atomic E-state index is 14.6. The quantitative estimate of drug-likeness (QED) is 0.464. The summed E-state index contributed by atoms with van der Waals surface area (Å²) in [6.45, 7) is 1.66. The van der Waals surface area contributed by atoms with Gasteiger partial charge < -0.3 is 15.2 Å². The van der Waals surface area contributed by atoms with E-state index in [-0.39, 0.29) is 12.2 Å². The number of benzene rings is 1. The first kappa shape index (κ1) is 23.7. The second-order valence-electron chi connectivity index (χ2n) is 7.49. The number of fused-ring (bicyclic) bond motifs is 1. The van der Waals surface area contributed by atoms with Crippen LogP contribution in [0.1, 0.15) is 16.8 Å². The Balaban J connectivity index is 1.57. The highest BCUT2D eigenvalue weighted by molar-refractivity contribution is 6.06. The monoisotopic (exact) mass is 494 g/mol. The zero-order valence-corrected chi connectivity index (χ0v) is 18.5. The molecule has 184 valence electrons. The molecular weight excluding hydrogens is 476 g/mol. The Hall–Kier alpha value is -4.43. The smallest absolute Gasteiger partial charge is 0.357 e. The van der Waals surface area contributed by atoms with Crippen LogP contribution in [0.4, 0.5) is 56.2 Å². The predicted octanol–water partition coefficient (Wildman–Crippen LogP) is 4.19.